The zero-order chi connectivity index (χ0) is 12.8. The van der Waals surface area contributed by atoms with Crippen molar-refractivity contribution < 1.29 is 14.3 Å². The number of esters is 1. The minimum Gasteiger partial charge on any atom is -0.462 e. The Morgan fingerprint density at radius 3 is 2.94 bits per heavy atom. The number of hydrogen-bond donors (Lipinski definition) is 2. The van der Waals surface area contributed by atoms with Crippen LogP contribution in [-0.4, -0.2) is 36.7 Å². The number of rotatable bonds is 6. The quantitative estimate of drug-likeness (QED) is 0.750. The fourth-order valence-corrected chi connectivity index (χ4v) is 2.13. The van der Waals surface area contributed by atoms with Gasteiger partial charge in [-0.2, -0.15) is 4.37 Å². The summed E-state index contributed by atoms with van der Waals surface area (Å²) in [7, 11) is 1.62. The second-order valence-corrected chi connectivity index (χ2v) is 4.27. The molecule has 1 rings (SSSR count). The number of carbonyl (C=O) groups is 1. The number of anilines is 2. The van der Waals surface area contributed by atoms with Crippen LogP contribution in [0.15, 0.2) is 0 Å². The number of nitrogens with one attached hydrogen (secondary N) is 1. The van der Waals surface area contributed by atoms with E-state index < -0.39 is 5.97 Å². The van der Waals surface area contributed by atoms with E-state index in [1.165, 1.54) is 0 Å². The van der Waals surface area contributed by atoms with Gasteiger partial charge in [0.25, 0.3) is 0 Å². The third-order valence-corrected chi connectivity index (χ3v) is 2.78. The molecule has 1 heterocycles. The van der Waals surface area contributed by atoms with Gasteiger partial charge in [0.05, 0.1) is 13.2 Å². The van der Waals surface area contributed by atoms with Crippen LogP contribution in [0, 0.1) is 0 Å². The molecule has 0 fully saturated rings. The van der Waals surface area contributed by atoms with Gasteiger partial charge in [-0.05, 0) is 25.4 Å². The summed E-state index contributed by atoms with van der Waals surface area (Å²) < 4.78 is 13.9. The molecule has 0 aromatic carbocycles. The van der Waals surface area contributed by atoms with E-state index in [1.54, 1.807) is 14.0 Å². The highest BCUT2D eigenvalue weighted by molar-refractivity contribution is 7.11. The molecule has 0 aliphatic rings. The lowest BCUT2D eigenvalue weighted by Crippen LogP contribution is -2.21. The third kappa shape index (κ3) is 3.57. The van der Waals surface area contributed by atoms with Gasteiger partial charge >= 0.3 is 5.97 Å². The number of aromatic nitrogens is 1. The minimum absolute atomic E-state index is 0.0630. The lowest BCUT2D eigenvalue weighted by molar-refractivity contribution is 0.0529. The molecule has 0 aliphatic heterocycles. The summed E-state index contributed by atoms with van der Waals surface area (Å²) in [6, 6.07) is 0.0630. The maximum absolute atomic E-state index is 11.7. The third-order valence-electron chi connectivity index (χ3n) is 1.99. The lowest BCUT2D eigenvalue weighted by Gasteiger charge is -2.13. The van der Waals surface area contributed by atoms with Crippen molar-refractivity contribution in [1.29, 1.82) is 0 Å². The number of methoxy groups -OCH3 is 1. The first-order valence-electron chi connectivity index (χ1n) is 5.27. The Kier molecular flexibility index (Phi) is 5.17. The number of nitrogens with zero attached hydrogens (tertiary/aromatic N) is 1. The van der Waals surface area contributed by atoms with E-state index in [0.29, 0.717) is 23.8 Å². The van der Waals surface area contributed by atoms with Crippen LogP contribution >= 0.6 is 11.5 Å². The first kappa shape index (κ1) is 13.7. The highest BCUT2D eigenvalue weighted by Crippen LogP contribution is 2.28. The Labute approximate surface area is 104 Å². The summed E-state index contributed by atoms with van der Waals surface area (Å²) in [6.07, 6.45) is 0. The van der Waals surface area contributed by atoms with Gasteiger partial charge in [0.1, 0.15) is 10.6 Å². The van der Waals surface area contributed by atoms with E-state index in [4.69, 9.17) is 15.2 Å². The van der Waals surface area contributed by atoms with Gasteiger partial charge in [-0.1, -0.05) is 0 Å². The Balaban J connectivity index is 2.82. The summed E-state index contributed by atoms with van der Waals surface area (Å²) in [5, 5.41) is 3.74. The molecule has 6 nitrogen and oxygen atoms in total. The summed E-state index contributed by atoms with van der Waals surface area (Å²) in [6.45, 7) is 4.52. The van der Waals surface area contributed by atoms with Crippen molar-refractivity contribution in [2.24, 2.45) is 0 Å². The van der Waals surface area contributed by atoms with Crippen molar-refractivity contribution in [3.63, 3.8) is 0 Å². The van der Waals surface area contributed by atoms with Crippen molar-refractivity contribution in [2.75, 3.05) is 31.4 Å². The molecule has 0 aliphatic carbocycles. The van der Waals surface area contributed by atoms with Crippen LogP contribution in [0.1, 0.15) is 24.2 Å². The lowest BCUT2D eigenvalue weighted by atomic mass is 10.3. The zero-order valence-electron chi connectivity index (χ0n) is 10.1. The summed E-state index contributed by atoms with van der Waals surface area (Å²) >= 11 is 1.14. The van der Waals surface area contributed by atoms with Crippen LogP contribution in [0.2, 0.25) is 0 Å². The number of carbonyl (C=O) groups excluding carboxylic acids is 1. The van der Waals surface area contributed by atoms with Crippen molar-refractivity contribution in [3.8, 4) is 0 Å². The van der Waals surface area contributed by atoms with E-state index >= 15 is 0 Å². The molecule has 1 unspecified atom stereocenters. The van der Waals surface area contributed by atoms with Crippen molar-refractivity contribution in [3.05, 3.63) is 5.56 Å². The second kappa shape index (κ2) is 6.41. The van der Waals surface area contributed by atoms with E-state index in [0.717, 1.165) is 11.5 Å². The van der Waals surface area contributed by atoms with Gasteiger partial charge < -0.3 is 20.5 Å². The van der Waals surface area contributed by atoms with Crippen molar-refractivity contribution >= 4 is 28.3 Å². The molecule has 0 radical (unpaired) electrons. The fourth-order valence-electron chi connectivity index (χ4n) is 1.32. The molecule has 0 amide bonds. The van der Waals surface area contributed by atoms with Crippen LogP contribution in [0.3, 0.4) is 0 Å². The van der Waals surface area contributed by atoms with Crippen LogP contribution < -0.4 is 11.1 Å². The largest absolute Gasteiger partial charge is 0.462 e. The number of ether oxygens (including phenoxy) is 2. The molecule has 1 aromatic heterocycles. The van der Waals surface area contributed by atoms with Crippen molar-refractivity contribution in [2.45, 2.75) is 19.9 Å². The van der Waals surface area contributed by atoms with Gasteiger partial charge in [-0.15, -0.1) is 0 Å². The fraction of sp³-hybridized carbons (Fsp3) is 0.600. The Hall–Kier alpha value is -1.34. The molecule has 3 N–H and O–H groups in total. The van der Waals surface area contributed by atoms with Gasteiger partial charge in [-0.3, -0.25) is 0 Å². The summed E-state index contributed by atoms with van der Waals surface area (Å²) in [4.78, 5) is 11.7. The molecule has 96 valence electrons. The highest BCUT2D eigenvalue weighted by Gasteiger charge is 2.21. The smallest absolute Gasteiger partial charge is 0.344 e. The first-order chi connectivity index (χ1) is 8.10. The normalized spacial score (nSPS) is 12.2. The molecule has 7 heteroatoms. The molecule has 0 bridgehead atoms. The first-order valence-corrected chi connectivity index (χ1v) is 6.05. The van der Waals surface area contributed by atoms with Gasteiger partial charge in [0.15, 0.2) is 5.82 Å². The van der Waals surface area contributed by atoms with E-state index in [9.17, 15) is 4.79 Å². The predicted octanol–water partition coefficient (Wildman–Crippen LogP) is 1.35. The average molecular weight is 259 g/mol. The van der Waals surface area contributed by atoms with Crippen LogP contribution in [0.4, 0.5) is 10.8 Å². The topological polar surface area (TPSA) is 86.5 Å². The highest BCUT2D eigenvalue weighted by atomic mass is 32.1. The zero-order valence-corrected chi connectivity index (χ0v) is 11.0. The molecular formula is C10H17N3O3S. The Morgan fingerprint density at radius 2 is 2.35 bits per heavy atom. The van der Waals surface area contributed by atoms with Crippen molar-refractivity contribution in [1.82, 2.24) is 4.37 Å². The summed E-state index contributed by atoms with van der Waals surface area (Å²) in [5.41, 5.74) is 5.95. The molecule has 1 aromatic rings. The van der Waals surface area contributed by atoms with E-state index in [-0.39, 0.29) is 11.9 Å². The maximum atomic E-state index is 11.7. The standard InChI is InChI=1S/C10H17N3O3S/c1-4-16-10(14)7-8(11)13-17-9(7)12-6(2)5-15-3/h6,12H,4-5H2,1-3H3,(H2,11,13). The van der Waals surface area contributed by atoms with Crippen LogP contribution in [0.5, 0.6) is 0 Å². The monoisotopic (exact) mass is 259 g/mol. The molecule has 0 saturated heterocycles. The number of nitrogen functional groups attached to an aromatic ring is 1. The van der Waals surface area contributed by atoms with Gasteiger partial charge in [0, 0.05) is 13.2 Å². The number of hydrogen-bond acceptors (Lipinski definition) is 7. The Bertz CT molecular complexity index is 381. The molecule has 17 heavy (non-hydrogen) atoms. The minimum atomic E-state index is -0.453. The molecular weight excluding hydrogens is 242 g/mol. The number of nitrogens with two attached hydrogens (primary N) is 1. The van der Waals surface area contributed by atoms with Crippen LogP contribution in [0.25, 0.3) is 0 Å². The van der Waals surface area contributed by atoms with E-state index in [2.05, 4.69) is 9.69 Å². The average Bonchev–Trinajstić information content (AvgIpc) is 2.60. The molecule has 0 spiro atoms. The maximum Gasteiger partial charge on any atom is 0.344 e. The van der Waals surface area contributed by atoms with E-state index in [1.807, 2.05) is 6.92 Å². The SMILES string of the molecule is CCOC(=O)c1c(N)nsc1NC(C)COC. The van der Waals surface area contributed by atoms with Gasteiger partial charge in [0.2, 0.25) is 0 Å². The summed E-state index contributed by atoms with van der Waals surface area (Å²) in [5.74, 6) is -0.258. The molecule has 1 atom stereocenters. The van der Waals surface area contributed by atoms with Gasteiger partial charge in [-0.25, -0.2) is 4.79 Å². The Morgan fingerprint density at radius 1 is 1.65 bits per heavy atom. The second-order valence-electron chi connectivity index (χ2n) is 3.49. The predicted molar refractivity (Wildman–Crippen MR) is 67.4 cm³/mol. The van der Waals surface area contributed by atoms with Crippen LogP contribution in [-0.2, 0) is 9.47 Å². The molecule has 0 saturated carbocycles.